The van der Waals surface area contributed by atoms with Crippen LogP contribution in [0.1, 0.15) is 49.0 Å². The Labute approximate surface area is 173 Å². The van der Waals surface area contributed by atoms with Crippen LogP contribution in [0.5, 0.6) is 0 Å². The first-order valence-electron chi connectivity index (χ1n) is 10.3. The molecule has 1 saturated heterocycles. The third-order valence-electron chi connectivity index (χ3n) is 5.30. The minimum atomic E-state index is -0.0407. The lowest BCUT2D eigenvalue weighted by Crippen LogP contribution is -2.42. The van der Waals surface area contributed by atoms with Gasteiger partial charge in [0.25, 0.3) is 5.91 Å². The second-order valence-electron chi connectivity index (χ2n) is 8.28. The molecular weight excluding hydrogens is 364 g/mol. The lowest BCUT2D eigenvalue weighted by molar-refractivity contribution is -0.124. The van der Waals surface area contributed by atoms with Crippen LogP contribution < -0.4 is 4.90 Å². The normalized spacial score (nSPS) is 16.7. The number of hydrogen-bond donors (Lipinski definition) is 0. The monoisotopic (exact) mass is 394 g/mol. The van der Waals surface area contributed by atoms with Crippen molar-refractivity contribution >= 4 is 17.5 Å². The molecule has 0 radical (unpaired) electrons. The minimum Gasteiger partial charge on any atom is -0.355 e. The summed E-state index contributed by atoms with van der Waals surface area (Å²) in [4.78, 5) is 37.8. The fourth-order valence-corrected chi connectivity index (χ4v) is 3.76. The number of ketones is 1. The number of aromatic nitrogens is 2. The number of likely N-dealkylation sites (tertiary alicyclic amines) is 1. The molecule has 0 aliphatic carbocycles. The maximum absolute atomic E-state index is 12.9. The molecule has 1 fully saturated rings. The number of anilines is 1. The summed E-state index contributed by atoms with van der Waals surface area (Å²) in [7, 11) is 1.96. The van der Waals surface area contributed by atoms with Gasteiger partial charge < -0.3 is 9.80 Å². The Kier molecular flexibility index (Phi) is 6.96. The van der Waals surface area contributed by atoms with E-state index in [2.05, 4.69) is 23.8 Å². The van der Waals surface area contributed by atoms with Crippen molar-refractivity contribution < 1.29 is 9.59 Å². The number of Topliss-reactive ketones (excluding diaryl/α,β-unsaturated/α-hetero) is 1. The number of carbonyl (C=O) groups excluding carboxylic acids is 2. The predicted octanol–water partition coefficient (Wildman–Crippen LogP) is 3.58. The topological polar surface area (TPSA) is 66.4 Å². The molecule has 6 nitrogen and oxygen atoms in total. The molecule has 29 heavy (non-hydrogen) atoms. The number of rotatable bonds is 7. The van der Waals surface area contributed by atoms with Crippen molar-refractivity contribution in [2.45, 2.75) is 39.7 Å². The highest BCUT2D eigenvalue weighted by atomic mass is 16.2. The molecule has 0 N–H and O–H groups in total. The maximum Gasteiger partial charge on any atom is 0.255 e. The number of nitrogens with zero attached hydrogens (tertiary/aromatic N) is 4. The van der Waals surface area contributed by atoms with E-state index in [-0.39, 0.29) is 17.6 Å². The van der Waals surface area contributed by atoms with E-state index in [4.69, 9.17) is 0 Å². The van der Waals surface area contributed by atoms with Crippen LogP contribution in [0, 0.1) is 11.8 Å². The number of pyridine rings is 2. The molecule has 1 atom stereocenters. The third kappa shape index (κ3) is 5.62. The third-order valence-corrected chi connectivity index (χ3v) is 5.30. The highest BCUT2D eigenvalue weighted by molar-refractivity contribution is 5.94. The van der Waals surface area contributed by atoms with Crippen molar-refractivity contribution in [3.05, 3.63) is 54.0 Å². The zero-order chi connectivity index (χ0) is 20.8. The molecule has 2 aromatic heterocycles. The van der Waals surface area contributed by atoms with Gasteiger partial charge in [-0.2, -0.15) is 0 Å². The van der Waals surface area contributed by atoms with Crippen LogP contribution in [0.4, 0.5) is 5.82 Å². The molecule has 154 valence electrons. The Balaban J connectivity index is 1.61. The summed E-state index contributed by atoms with van der Waals surface area (Å²) in [5.74, 6) is 1.36. The Morgan fingerprint density at radius 2 is 2.07 bits per heavy atom. The van der Waals surface area contributed by atoms with Crippen LogP contribution in [0.2, 0.25) is 0 Å². The van der Waals surface area contributed by atoms with Gasteiger partial charge in [0.05, 0.1) is 5.56 Å². The van der Waals surface area contributed by atoms with E-state index in [0.29, 0.717) is 37.5 Å². The Morgan fingerprint density at radius 1 is 1.24 bits per heavy atom. The lowest BCUT2D eigenvalue weighted by atomic mass is 9.89. The molecule has 3 heterocycles. The lowest BCUT2D eigenvalue weighted by Gasteiger charge is -2.32. The molecule has 0 unspecified atom stereocenters. The van der Waals surface area contributed by atoms with Crippen molar-refractivity contribution in [1.29, 1.82) is 0 Å². The second kappa shape index (κ2) is 9.63. The van der Waals surface area contributed by atoms with E-state index in [1.165, 1.54) is 0 Å². The molecular formula is C23H30N4O2. The quantitative estimate of drug-likeness (QED) is 0.718. The van der Waals surface area contributed by atoms with Gasteiger partial charge in [-0.3, -0.25) is 14.6 Å². The van der Waals surface area contributed by atoms with Crippen molar-refractivity contribution in [2.75, 3.05) is 25.0 Å². The van der Waals surface area contributed by atoms with Gasteiger partial charge in [-0.15, -0.1) is 0 Å². The number of hydrogen-bond acceptors (Lipinski definition) is 5. The summed E-state index contributed by atoms with van der Waals surface area (Å²) >= 11 is 0. The van der Waals surface area contributed by atoms with Crippen molar-refractivity contribution in [1.82, 2.24) is 14.9 Å². The standard InChI is InChI=1S/C23H30N4O2/c1-17(2)12-21(28)20-7-5-11-27(16-20)23(29)19-8-9-22(25-14-19)26(3)15-18-6-4-10-24-13-18/h4,6,8-10,13-14,17,20H,5,7,11-12,15-16H2,1-3H3/t20-/m1/s1. The zero-order valence-corrected chi connectivity index (χ0v) is 17.5. The van der Waals surface area contributed by atoms with E-state index in [1.54, 1.807) is 12.4 Å². The molecule has 1 aliphatic heterocycles. The Hall–Kier alpha value is -2.76. The van der Waals surface area contributed by atoms with Crippen LogP contribution in [-0.2, 0) is 11.3 Å². The molecule has 6 heteroatoms. The largest absolute Gasteiger partial charge is 0.355 e. The predicted molar refractivity (Wildman–Crippen MR) is 114 cm³/mol. The van der Waals surface area contributed by atoms with E-state index >= 15 is 0 Å². The maximum atomic E-state index is 12.9. The van der Waals surface area contributed by atoms with Gasteiger partial charge in [-0.1, -0.05) is 19.9 Å². The average Bonchev–Trinajstić information content (AvgIpc) is 2.73. The van der Waals surface area contributed by atoms with E-state index in [0.717, 1.165) is 24.2 Å². The van der Waals surface area contributed by atoms with Crippen LogP contribution in [0.25, 0.3) is 0 Å². The summed E-state index contributed by atoms with van der Waals surface area (Å²) in [5, 5.41) is 0. The van der Waals surface area contributed by atoms with Gasteiger partial charge in [-0.05, 0) is 42.5 Å². The Bertz CT molecular complexity index is 821. The fraction of sp³-hybridized carbons (Fsp3) is 0.478. The number of amides is 1. The molecule has 2 aromatic rings. The first-order chi connectivity index (χ1) is 13.9. The van der Waals surface area contributed by atoms with Crippen LogP contribution in [0.3, 0.4) is 0 Å². The van der Waals surface area contributed by atoms with Gasteiger partial charge in [0.2, 0.25) is 0 Å². The highest BCUT2D eigenvalue weighted by Crippen LogP contribution is 2.22. The Morgan fingerprint density at radius 3 is 2.72 bits per heavy atom. The van der Waals surface area contributed by atoms with Gasteiger partial charge in [0.1, 0.15) is 11.6 Å². The first-order valence-corrected chi connectivity index (χ1v) is 10.3. The van der Waals surface area contributed by atoms with Crippen LogP contribution in [0.15, 0.2) is 42.9 Å². The zero-order valence-electron chi connectivity index (χ0n) is 17.5. The first kappa shape index (κ1) is 21.0. The summed E-state index contributed by atoms with van der Waals surface area (Å²) < 4.78 is 0. The summed E-state index contributed by atoms with van der Waals surface area (Å²) in [6, 6.07) is 7.63. The van der Waals surface area contributed by atoms with E-state index in [1.807, 2.05) is 47.3 Å². The average molecular weight is 395 g/mol. The molecule has 1 aliphatic rings. The van der Waals surface area contributed by atoms with Crippen molar-refractivity contribution in [2.24, 2.45) is 11.8 Å². The molecule has 3 rings (SSSR count). The smallest absolute Gasteiger partial charge is 0.255 e. The van der Waals surface area contributed by atoms with E-state index in [9.17, 15) is 9.59 Å². The minimum absolute atomic E-state index is 0.0343. The molecule has 1 amide bonds. The highest BCUT2D eigenvalue weighted by Gasteiger charge is 2.29. The summed E-state index contributed by atoms with van der Waals surface area (Å²) in [6.07, 6.45) is 7.57. The van der Waals surface area contributed by atoms with E-state index < -0.39 is 0 Å². The SMILES string of the molecule is CC(C)CC(=O)[C@@H]1CCCN(C(=O)c2ccc(N(C)Cc3cccnc3)nc2)C1. The van der Waals surface area contributed by atoms with Crippen molar-refractivity contribution in [3.63, 3.8) is 0 Å². The van der Waals surface area contributed by atoms with Gasteiger partial charge in [-0.25, -0.2) is 4.98 Å². The van der Waals surface area contributed by atoms with Crippen LogP contribution in [-0.4, -0.2) is 46.7 Å². The van der Waals surface area contributed by atoms with Gasteiger partial charge in [0, 0.05) is 57.6 Å². The van der Waals surface area contributed by atoms with Gasteiger partial charge in [0.15, 0.2) is 0 Å². The summed E-state index contributed by atoms with van der Waals surface area (Å²) in [6.45, 7) is 6.03. The van der Waals surface area contributed by atoms with Gasteiger partial charge >= 0.3 is 0 Å². The molecule has 0 saturated carbocycles. The molecule has 0 spiro atoms. The number of piperidine rings is 1. The molecule has 0 aromatic carbocycles. The van der Waals surface area contributed by atoms with Crippen molar-refractivity contribution in [3.8, 4) is 0 Å². The summed E-state index contributed by atoms with van der Waals surface area (Å²) in [5.41, 5.74) is 1.67. The fourth-order valence-electron chi connectivity index (χ4n) is 3.76. The van der Waals surface area contributed by atoms with Crippen LogP contribution >= 0.6 is 0 Å². The second-order valence-corrected chi connectivity index (χ2v) is 8.28. The number of carbonyl (C=O) groups is 2. The molecule has 0 bridgehead atoms.